The maximum absolute atomic E-state index is 12.2. The first-order chi connectivity index (χ1) is 9.78. The molecule has 0 spiro atoms. The molecule has 0 bridgehead atoms. The molecule has 2 heterocycles. The third-order valence-electron chi connectivity index (χ3n) is 3.63. The number of nitrogens with one attached hydrogen (secondary N) is 2. The van der Waals surface area contributed by atoms with E-state index in [0.717, 1.165) is 37.4 Å². The molecule has 0 saturated heterocycles. The first-order valence-corrected chi connectivity index (χ1v) is 6.99. The van der Waals surface area contributed by atoms with Gasteiger partial charge in [-0.25, -0.2) is 0 Å². The second-order valence-corrected chi connectivity index (χ2v) is 4.94. The van der Waals surface area contributed by atoms with Crippen LogP contribution in [0, 0.1) is 0 Å². The van der Waals surface area contributed by atoms with Gasteiger partial charge in [0.1, 0.15) is 5.76 Å². The van der Waals surface area contributed by atoms with Crippen LogP contribution in [0.25, 0.3) is 0 Å². The van der Waals surface area contributed by atoms with Gasteiger partial charge in [-0.05, 0) is 42.3 Å². The van der Waals surface area contributed by atoms with E-state index in [2.05, 4.69) is 16.7 Å². The molecular weight excluding hydrogens is 252 g/mol. The van der Waals surface area contributed by atoms with Gasteiger partial charge >= 0.3 is 0 Å². The molecule has 1 aromatic heterocycles. The van der Waals surface area contributed by atoms with Gasteiger partial charge in [0.05, 0.1) is 0 Å². The highest BCUT2D eigenvalue weighted by Gasteiger charge is 2.16. The van der Waals surface area contributed by atoms with Crippen molar-refractivity contribution < 1.29 is 9.21 Å². The van der Waals surface area contributed by atoms with Gasteiger partial charge in [-0.1, -0.05) is 19.1 Å². The number of hydrogen-bond acceptors (Lipinski definition) is 3. The van der Waals surface area contributed by atoms with E-state index in [1.807, 2.05) is 25.1 Å². The summed E-state index contributed by atoms with van der Waals surface area (Å²) in [5, 5.41) is 6.28. The summed E-state index contributed by atoms with van der Waals surface area (Å²) in [7, 11) is 0. The molecule has 0 unspecified atom stereocenters. The molecule has 4 nitrogen and oxygen atoms in total. The number of fused-ring (bicyclic) bond motifs is 1. The predicted octanol–water partition coefficient (Wildman–Crippen LogP) is 2.74. The number of hydrogen-bond donors (Lipinski definition) is 2. The SMILES string of the molecule is CCc1ccc(C(=O)Nc2cccc3c2CNCC3)o1. The van der Waals surface area contributed by atoms with Gasteiger partial charge in [-0.2, -0.15) is 0 Å². The van der Waals surface area contributed by atoms with Crippen molar-refractivity contribution in [1.29, 1.82) is 0 Å². The lowest BCUT2D eigenvalue weighted by molar-refractivity contribution is 0.0995. The number of rotatable bonds is 3. The van der Waals surface area contributed by atoms with Gasteiger partial charge < -0.3 is 15.1 Å². The van der Waals surface area contributed by atoms with E-state index in [1.165, 1.54) is 11.1 Å². The molecule has 104 valence electrons. The zero-order valence-corrected chi connectivity index (χ0v) is 11.5. The molecule has 1 aliphatic rings. The van der Waals surface area contributed by atoms with E-state index in [0.29, 0.717) is 5.76 Å². The fourth-order valence-electron chi connectivity index (χ4n) is 2.51. The average Bonchev–Trinajstić information content (AvgIpc) is 2.97. The molecule has 2 N–H and O–H groups in total. The largest absolute Gasteiger partial charge is 0.456 e. The van der Waals surface area contributed by atoms with Gasteiger partial charge in [-0.15, -0.1) is 0 Å². The molecule has 2 aromatic rings. The second kappa shape index (κ2) is 5.51. The minimum atomic E-state index is -0.191. The van der Waals surface area contributed by atoms with Gasteiger partial charge in [-0.3, -0.25) is 4.79 Å². The summed E-state index contributed by atoms with van der Waals surface area (Å²) in [4.78, 5) is 12.2. The highest BCUT2D eigenvalue weighted by atomic mass is 16.3. The van der Waals surface area contributed by atoms with Crippen molar-refractivity contribution in [3.63, 3.8) is 0 Å². The van der Waals surface area contributed by atoms with Crippen LogP contribution in [0.1, 0.15) is 34.4 Å². The Kier molecular flexibility index (Phi) is 3.56. The Labute approximate surface area is 118 Å². The Hall–Kier alpha value is -2.07. The van der Waals surface area contributed by atoms with Crippen LogP contribution in [-0.2, 0) is 19.4 Å². The second-order valence-electron chi connectivity index (χ2n) is 4.94. The molecular formula is C16H18N2O2. The third-order valence-corrected chi connectivity index (χ3v) is 3.63. The molecule has 4 heteroatoms. The molecule has 0 radical (unpaired) electrons. The van der Waals surface area contributed by atoms with E-state index in [9.17, 15) is 4.79 Å². The number of amides is 1. The van der Waals surface area contributed by atoms with Crippen LogP contribution >= 0.6 is 0 Å². The molecule has 3 rings (SSSR count). The minimum Gasteiger partial charge on any atom is -0.456 e. The zero-order chi connectivity index (χ0) is 13.9. The summed E-state index contributed by atoms with van der Waals surface area (Å²) in [6.07, 6.45) is 1.79. The molecule has 20 heavy (non-hydrogen) atoms. The smallest absolute Gasteiger partial charge is 0.291 e. The molecule has 0 aliphatic carbocycles. The lowest BCUT2D eigenvalue weighted by atomic mass is 9.99. The fraction of sp³-hybridized carbons (Fsp3) is 0.312. The number of furan rings is 1. The number of anilines is 1. The number of carbonyl (C=O) groups is 1. The summed E-state index contributed by atoms with van der Waals surface area (Å²) in [5.74, 6) is 0.999. The van der Waals surface area contributed by atoms with Crippen molar-refractivity contribution in [2.24, 2.45) is 0 Å². The van der Waals surface area contributed by atoms with E-state index in [1.54, 1.807) is 6.07 Å². The normalized spacial score (nSPS) is 13.8. The number of benzene rings is 1. The Balaban J connectivity index is 1.82. The van der Waals surface area contributed by atoms with Crippen LogP contribution in [0.3, 0.4) is 0 Å². The standard InChI is InChI=1S/C16H18N2O2/c1-2-12-6-7-15(20-12)16(19)18-14-5-3-4-11-8-9-17-10-13(11)14/h3-7,17H,2,8-10H2,1H3,(H,18,19). The monoisotopic (exact) mass is 270 g/mol. The van der Waals surface area contributed by atoms with Crippen molar-refractivity contribution >= 4 is 11.6 Å². The van der Waals surface area contributed by atoms with Crippen LogP contribution in [-0.4, -0.2) is 12.5 Å². The van der Waals surface area contributed by atoms with E-state index < -0.39 is 0 Å². The van der Waals surface area contributed by atoms with Crippen molar-refractivity contribution in [3.8, 4) is 0 Å². The third kappa shape index (κ3) is 2.47. The Morgan fingerprint density at radius 3 is 3.05 bits per heavy atom. The average molecular weight is 270 g/mol. The number of aryl methyl sites for hydroxylation is 1. The molecule has 0 fully saturated rings. The van der Waals surface area contributed by atoms with Crippen molar-refractivity contribution in [1.82, 2.24) is 5.32 Å². The summed E-state index contributed by atoms with van der Waals surface area (Å²) < 4.78 is 5.48. The van der Waals surface area contributed by atoms with Crippen molar-refractivity contribution in [2.75, 3.05) is 11.9 Å². The lowest BCUT2D eigenvalue weighted by Gasteiger charge is -2.20. The number of carbonyl (C=O) groups excluding carboxylic acids is 1. The highest BCUT2D eigenvalue weighted by Crippen LogP contribution is 2.23. The molecule has 0 saturated carbocycles. The van der Waals surface area contributed by atoms with Crippen LogP contribution in [0.4, 0.5) is 5.69 Å². The van der Waals surface area contributed by atoms with E-state index >= 15 is 0 Å². The highest BCUT2D eigenvalue weighted by molar-refractivity contribution is 6.02. The zero-order valence-electron chi connectivity index (χ0n) is 11.5. The molecule has 1 amide bonds. The Morgan fingerprint density at radius 2 is 2.25 bits per heavy atom. The van der Waals surface area contributed by atoms with Gasteiger partial charge in [0.25, 0.3) is 5.91 Å². The maximum Gasteiger partial charge on any atom is 0.291 e. The molecule has 1 aromatic carbocycles. The Bertz CT molecular complexity index is 631. The topological polar surface area (TPSA) is 54.3 Å². The minimum absolute atomic E-state index is 0.191. The first-order valence-electron chi connectivity index (χ1n) is 6.99. The van der Waals surface area contributed by atoms with E-state index in [4.69, 9.17) is 4.42 Å². The summed E-state index contributed by atoms with van der Waals surface area (Å²) in [5.41, 5.74) is 3.35. The quantitative estimate of drug-likeness (QED) is 0.901. The van der Waals surface area contributed by atoms with Crippen LogP contribution in [0.5, 0.6) is 0 Å². The summed E-state index contributed by atoms with van der Waals surface area (Å²) >= 11 is 0. The maximum atomic E-state index is 12.2. The summed E-state index contributed by atoms with van der Waals surface area (Å²) in [6, 6.07) is 9.61. The van der Waals surface area contributed by atoms with Gasteiger partial charge in [0.2, 0.25) is 0 Å². The van der Waals surface area contributed by atoms with Crippen LogP contribution in [0.2, 0.25) is 0 Å². The first kappa shape index (κ1) is 12.9. The summed E-state index contributed by atoms with van der Waals surface area (Å²) in [6.45, 7) is 3.78. The van der Waals surface area contributed by atoms with Crippen LogP contribution in [0.15, 0.2) is 34.7 Å². The van der Waals surface area contributed by atoms with Crippen molar-refractivity contribution in [3.05, 3.63) is 53.0 Å². The van der Waals surface area contributed by atoms with Gasteiger partial charge in [0, 0.05) is 18.7 Å². The molecule has 0 atom stereocenters. The van der Waals surface area contributed by atoms with E-state index in [-0.39, 0.29) is 5.91 Å². The van der Waals surface area contributed by atoms with Gasteiger partial charge in [0.15, 0.2) is 5.76 Å². The molecule has 1 aliphatic heterocycles. The fourth-order valence-corrected chi connectivity index (χ4v) is 2.51. The van der Waals surface area contributed by atoms with Crippen molar-refractivity contribution in [2.45, 2.75) is 26.3 Å². The lowest BCUT2D eigenvalue weighted by Crippen LogP contribution is -2.25. The Morgan fingerprint density at radius 1 is 1.35 bits per heavy atom. The predicted molar refractivity (Wildman–Crippen MR) is 77.9 cm³/mol. The van der Waals surface area contributed by atoms with Crippen LogP contribution < -0.4 is 10.6 Å².